The molecule has 0 bridgehead atoms. The van der Waals surface area contributed by atoms with Gasteiger partial charge in [-0.3, -0.25) is 0 Å². The molecular formula is C16H16N4O3S. The predicted molar refractivity (Wildman–Crippen MR) is 90.2 cm³/mol. The molecule has 0 aliphatic heterocycles. The quantitative estimate of drug-likeness (QED) is 0.778. The van der Waals surface area contributed by atoms with Crippen LogP contribution in [0.1, 0.15) is 5.56 Å². The molecule has 3 aromatic rings. The van der Waals surface area contributed by atoms with Crippen molar-refractivity contribution in [3.63, 3.8) is 0 Å². The van der Waals surface area contributed by atoms with Crippen LogP contribution in [0.3, 0.4) is 0 Å². The van der Waals surface area contributed by atoms with Gasteiger partial charge in [0.05, 0.1) is 12.0 Å². The van der Waals surface area contributed by atoms with Crippen molar-refractivity contribution in [1.29, 1.82) is 0 Å². The zero-order chi connectivity index (χ0) is 17.3. The Hall–Kier alpha value is -2.87. The van der Waals surface area contributed by atoms with Crippen LogP contribution in [0, 0.1) is 6.92 Å². The first-order chi connectivity index (χ1) is 11.4. The number of aromatic nitrogens is 3. The Labute approximate surface area is 139 Å². The lowest BCUT2D eigenvalue weighted by Gasteiger charge is -2.06. The van der Waals surface area contributed by atoms with E-state index in [2.05, 4.69) is 10.1 Å². The van der Waals surface area contributed by atoms with E-state index in [0.717, 1.165) is 9.65 Å². The number of nitrogens with zero attached hydrogens (tertiary/aromatic N) is 3. The maximum Gasteiger partial charge on any atom is 0.286 e. The summed E-state index contributed by atoms with van der Waals surface area (Å²) in [5.41, 5.74) is 7.54. The Bertz CT molecular complexity index is 962. The SMILES string of the molecule is COc1ccc(S(=O)(=O)n2nc(-c3ccc(C)cc3)nc2N)cc1. The standard InChI is InChI=1S/C16H16N4O3S/c1-11-3-5-12(6-4-11)15-18-16(17)20(19-15)24(21,22)14-9-7-13(23-2)8-10-14/h3-10H,1-2H3,(H2,17,18,19). The van der Waals surface area contributed by atoms with E-state index in [9.17, 15) is 8.42 Å². The number of anilines is 1. The number of nitrogens with two attached hydrogens (primary N) is 1. The molecule has 1 heterocycles. The number of benzene rings is 2. The van der Waals surface area contributed by atoms with E-state index in [0.29, 0.717) is 11.3 Å². The Morgan fingerprint density at radius 2 is 1.67 bits per heavy atom. The number of aryl methyl sites for hydroxylation is 1. The third-order valence-electron chi connectivity index (χ3n) is 3.50. The van der Waals surface area contributed by atoms with Gasteiger partial charge in [-0.2, -0.15) is 13.4 Å². The van der Waals surface area contributed by atoms with Gasteiger partial charge in [0.15, 0.2) is 5.82 Å². The summed E-state index contributed by atoms with van der Waals surface area (Å²) in [6.07, 6.45) is 0. The molecule has 0 unspecified atom stereocenters. The molecule has 0 saturated heterocycles. The lowest BCUT2D eigenvalue weighted by Crippen LogP contribution is -2.17. The average Bonchev–Trinajstić information content (AvgIpc) is 2.98. The molecule has 7 nitrogen and oxygen atoms in total. The van der Waals surface area contributed by atoms with Crippen molar-refractivity contribution in [2.45, 2.75) is 11.8 Å². The molecule has 0 atom stereocenters. The number of hydrogen-bond donors (Lipinski definition) is 1. The van der Waals surface area contributed by atoms with Crippen LogP contribution in [0.5, 0.6) is 5.75 Å². The topological polar surface area (TPSA) is 100 Å². The zero-order valence-electron chi connectivity index (χ0n) is 13.2. The van der Waals surface area contributed by atoms with Crippen molar-refractivity contribution >= 4 is 16.0 Å². The molecule has 0 aliphatic rings. The van der Waals surface area contributed by atoms with Crippen LogP contribution in [0.2, 0.25) is 0 Å². The summed E-state index contributed by atoms with van der Waals surface area (Å²) in [4.78, 5) is 4.11. The van der Waals surface area contributed by atoms with Gasteiger partial charge < -0.3 is 10.5 Å². The van der Waals surface area contributed by atoms with Gasteiger partial charge in [0.2, 0.25) is 5.95 Å². The van der Waals surface area contributed by atoms with Gasteiger partial charge in [0.25, 0.3) is 10.0 Å². The molecule has 0 spiro atoms. The van der Waals surface area contributed by atoms with Gasteiger partial charge in [-0.1, -0.05) is 29.8 Å². The molecule has 8 heteroatoms. The summed E-state index contributed by atoms with van der Waals surface area (Å²) in [6.45, 7) is 1.96. The first-order valence-electron chi connectivity index (χ1n) is 7.11. The van der Waals surface area contributed by atoms with Crippen molar-refractivity contribution in [1.82, 2.24) is 14.2 Å². The molecule has 3 rings (SSSR count). The van der Waals surface area contributed by atoms with Gasteiger partial charge in [-0.15, -0.1) is 9.19 Å². The number of nitrogen functional groups attached to an aromatic ring is 1. The van der Waals surface area contributed by atoms with E-state index in [1.54, 1.807) is 12.1 Å². The second-order valence-electron chi connectivity index (χ2n) is 5.18. The average molecular weight is 344 g/mol. The van der Waals surface area contributed by atoms with E-state index in [4.69, 9.17) is 10.5 Å². The summed E-state index contributed by atoms with van der Waals surface area (Å²) in [5.74, 6) is 0.617. The first-order valence-corrected chi connectivity index (χ1v) is 8.55. The highest BCUT2D eigenvalue weighted by Gasteiger charge is 2.23. The fourth-order valence-electron chi connectivity index (χ4n) is 2.16. The number of ether oxygens (including phenoxy) is 1. The summed E-state index contributed by atoms with van der Waals surface area (Å²) >= 11 is 0. The Morgan fingerprint density at radius 3 is 2.25 bits per heavy atom. The third-order valence-corrected chi connectivity index (χ3v) is 5.09. The molecule has 0 radical (unpaired) electrons. The lowest BCUT2D eigenvalue weighted by atomic mass is 10.1. The van der Waals surface area contributed by atoms with Crippen molar-refractivity contribution < 1.29 is 13.2 Å². The van der Waals surface area contributed by atoms with Gasteiger partial charge in [-0.05, 0) is 31.2 Å². The highest BCUT2D eigenvalue weighted by atomic mass is 32.2. The molecule has 124 valence electrons. The van der Waals surface area contributed by atoms with Crippen molar-refractivity contribution in [3.8, 4) is 17.1 Å². The molecule has 2 aromatic carbocycles. The second-order valence-corrected chi connectivity index (χ2v) is 6.95. The van der Waals surface area contributed by atoms with Crippen LogP contribution >= 0.6 is 0 Å². The van der Waals surface area contributed by atoms with Crippen molar-refractivity contribution in [3.05, 3.63) is 54.1 Å². The molecule has 0 saturated carbocycles. The second kappa shape index (κ2) is 5.97. The fourth-order valence-corrected chi connectivity index (χ4v) is 3.31. The molecule has 0 aliphatic carbocycles. The van der Waals surface area contributed by atoms with Crippen LogP contribution in [0.4, 0.5) is 5.95 Å². The molecule has 0 amide bonds. The summed E-state index contributed by atoms with van der Waals surface area (Å²) < 4.78 is 31.2. The smallest absolute Gasteiger partial charge is 0.286 e. The number of rotatable bonds is 4. The van der Waals surface area contributed by atoms with Crippen LogP contribution in [0.15, 0.2) is 53.4 Å². The van der Waals surface area contributed by atoms with Crippen molar-refractivity contribution in [2.75, 3.05) is 12.8 Å². The van der Waals surface area contributed by atoms with E-state index in [-0.39, 0.29) is 16.7 Å². The highest BCUT2D eigenvalue weighted by Crippen LogP contribution is 2.22. The Kier molecular flexibility index (Phi) is 3.98. The monoisotopic (exact) mass is 344 g/mol. The summed E-state index contributed by atoms with van der Waals surface area (Å²) in [7, 11) is -2.42. The zero-order valence-corrected chi connectivity index (χ0v) is 14.0. The van der Waals surface area contributed by atoms with E-state index < -0.39 is 10.0 Å². The largest absolute Gasteiger partial charge is 0.497 e. The molecule has 2 N–H and O–H groups in total. The summed E-state index contributed by atoms with van der Waals surface area (Å²) in [6, 6.07) is 13.4. The molecular weight excluding hydrogens is 328 g/mol. The molecule has 24 heavy (non-hydrogen) atoms. The molecule has 0 fully saturated rings. The van der Waals surface area contributed by atoms with Gasteiger partial charge in [0.1, 0.15) is 5.75 Å². The van der Waals surface area contributed by atoms with Crippen molar-refractivity contribution in [2.24, 2.45) is 0 Å². The normalized spacial score (nSPS) is 11.4. The van der Waals surface area contributed by atoms with Crippen LogP contribution in [-0.2, 0) is 10.0 Å². The Morgan fingerprint density at radius 1 is 1.04 bits per heavy atom. The fraction of sp³-hybridized carbons (Fsp3) is 0.125. The number of methoxy groups -OCH3 is 1. The highest BCUT2D eigenvalue weighted by molar-refractivity contribution is 7.90. The third kappa shape index (κ3) is 2.83. The molecule has 1 aromatic heterocycles. The minimum atomic E-state index is -3.93. The number of hydrogen-bond acceptors (Lipinski definition) is 6. The minimum Gasteiger partial charge on any atom is -0.497 e. The summed E-state index contributed by atoms with van der Waals surface area (Å²) in [5, 5.41) is 4.06. The van der Waals surface area contributed by atoms with Gasteiger partial charge in [0, 0.05) is 5.56 Å². The minimum absolute atomic E-state index is 0.0513. The van der Waals surface area contributed by atoms with Crippen LogP contribution in [-0.4, -0.2) is 29.7 Å². The van der Waals surface area contributed by atoms with Gasteiger partial charge in [-0.25, -0.2) is 0 Å². The van der Waals surface area contributed by atoms with Crippen LogP contribution < -0.4 is 10.5 Å². The van der Waals surface area contributed by atoms with E-state index >= 15 is 0 Å². The lowest BCUT2D eigenvalue weighted by molar-refractivity contribution is 0.414. The van der Waals surface area contributed by atoms with Gasteiger partial charge >= 0.3 is 0 Å². The Balaban J connectivity index is 2.03. The van der Waals surface area contributed by atoms with E-state index in [1.165, 1.54) is 19.2 Å². The maximum absolute atomic E-state index is 12.7. The first kappa shape index (κ1) is 16.0. The van der Waals surface area contributed by atoms with E-state index in [1.807, 2.05) is 31.2 Å². The van der Waals surface area contributed by atoms with Crippen LogP contribution in [0.25, 0.3) is 11.4 Å². The predicted octanol–water partition coefficient (Wildman–Crippen LogP) is 2.08. The maximum atomic E-state index is 12.7.